The quantitative estimate of drug-likeness (QED) is 0.362. The molecule has 0 bridgehead atoms. The second-order valence-electron chi connectivity index (χ2n) is 11.0. The highest BCUT2D eigenvalue weighted by Gasteiger charge is 2.31. The van der Waals surface area contributed by atoms with Crippen molar-refractivity contribution in [3.63, 3.8) is 0 Å². The zero-order chi connectivity index (χ0) is 28.4. The zero-order valence-electron chi connectivity index (χ0n) is 22.8. The third-order valence-electron chi connectivity index (χ3n) is 7.69. The van der Waals surface area contributed by atoms with E-state index in [9.17, 15) is 18.7 Å². The fraction of sp³-hybridized carbons (Fsp3) is 0.483. The third-order valence-corrected chi connectivity index (χ3v) is 7.93. The van der Waals surface area contributed by atoms with Crippen molar-refractivity contribution in [3.05, 3.63) is 59.0 Å². The summed E-state index contributed by atoms with van der Waals surface area (Å²) in [5.41, 5.74) is 1.78. The Labute approximate surface area is 238 Å². The van der Waals surface area contributed by atoms with Crippen LogP contribution in [0, 0.1) is 5.92 Å². The predicted molar refractivity (Wildman–Crippen MR) is 153 cm³/mol. The van der Waals surface area contributed by atoms with Crippen LogP contribution in [0.4, 0.5) is 20.3 Å². The zero-order valence-corrected chi connectivity index (χ0v) is 23.6. The van der Waals surface area contributed by atoms with E-state index in [4.69, 9.17) is 16.6 Å². The SMILES string of the molecule is CC(C)CN1CCN(c2ccc(-c3ccc(Cl)cc3N3CCCC(n4ncc(C(=O)O)c4C(F)F)C3)cn2)CC1. The lowest BCUT2D eigenvalue weighted by atomic mass is 10.00. The number of anilines is 2. The van der Waals surface area contributed by atoms with Gasteiger partial charge < -0.3 is 14.9 Å². The van der Waals surface area contributed by atoms with E-state index in [1.807, 2.05) is 24.4 Å². The molecule has 2 aromatic heterocycles. The molecule has 5 rings (SSSR count). The van der Waals surface area contributed by atoms with Crippen LogP contribution in [-0.2, 0) is 0 Å². The van der Waals surface area contributed by atoms with Gasteiger partial charge in [0.2, 0.25) is 0 Å². The van der Waals surface area contributed by atoms with Gasteiger partial charge in [-0.3, -0.25) is 9.58 Å². The number of alkyl halides is 2. The summed E-state index contributed by atoms with van der Waals surface area (Å²) in [6.07, 6.45) is 1.32. The van der Waals surface area contributed by atoms with Gasteiger partial charge in [-0.1, -0.05) is 31.5 Å². The summed E-state index contributed by atoms with van der Waals surface area (Å²) in [4.78, 5) is 23.2. The lowest BCUT2D eigenvalue weighted by Crippen LogP contribution is -2.47. The maximum absolute atomic E-state index is 13.9. The molecule has 0 spiro atoms. The van der Waals surface area contributed by atoms with Gasteiger partial charge in [-0.05, 0) is 43.0 Å². The van der Waals surface area contributed by atoms with Gasteiger partial charge in [0.05, 0.1) is 12.2 Å². The van der Waals surface area contributed by atoms with Gasteiger partial charge in [-0.2, -0.15) is 5.10 Å². The summed E-state index contributed by atoms with van der Waals surface area (Å²) in [5.74, 6) is 0.203. The molecule has 4 heterocycles. The topological polar surface area (TPSA) is 77.7 Å². The number of carboxylic acid groups (broad SMARTS) is 1. The smallest absolute Gasteiger partial charge is 0.339 e. The molecule has 1 aromatic carbocycles. The Bertz CT molecular complexity index is 1320. The van der Waals surface area contributed by atoms with E-state index in [0.29, 0.717) is 30.5 Å². The number of nitrogens with zero attached hydrogens (tertiary/aromatic N) is 6. The van der Waals surface area contributed by atoms with Crippen LogP contribution in [0.1, 0.15) is 55.2 Å². The second kappa shape index (κ2) is 12.1. The lowest BCUT2D eigenvalue weighted by molar-refractivity contribution is 0.0681. The molecule has 3 aromatic rings. The molecule has 0 saturated carbocycles. The van der Waals surface area contributed by atoms with Crippen molar-refractivity contribution in [2.45, 2.75) is 39.2 Å². The first-order valence-corrected chi connectivity index (χ1v) is 14.2. The summed E-state index contributed by atoms with van der Waals surface area (Å²) in [6.45, 7) is 10.7. The first-order valence-electron chi connectivity index (χ1n) is 13.8. The fourth-order valence-electron chi connectivity index (χ4n) is 5.84. The van der Waals surface area contributed by atoms with Crippen molar-refractivity contribution in [2.24, 2.45) is 5.92 Å². The van der Waals surface area contributed by atoms with E-state index in [2.05, 4.69) is 45.8 Å². The summed E-state index contributed by atoms with van der Waals surface area (Å²) < 4.78 is 28.9. The lowest BCUT2D eigenvalue weighted by Gasteiger charge is -2.36. The van der Waals surface area contributed by atoms with Crippen molar-refractivity contribution >= 4 is 29.1 Å². The van der Waals surface area contributed by atoms with E-state index < -0.39 is 29.7 Å². The highest BCUT2D eigenvalue weighted by atomic mass is 35.5. The Hall–Kier alpha value is -3.24. The van der Waals surface area contributed by atoms with E-state index in [0.717, 1.165) is 68.0 Å². The van der Waals surface area contributed by atoms with Crippen LogP contribution in [0.5, 0.6) is 0 Å². The van der Waals surface area contributed by atoms with Gasteiger partial charge >= 0.3 is 5.97 Å². The predicted octanol–water partition coefficient (Wildman–Crippen LogP) is 5.85. The maximum atomic E-state index is 13.9. The minimum absolute atomic E-state index is 0.396. The molecule has 0 amide bonds. The standard InChI is InChI=1S/C29H35ClF2N6O2/c1-19(2)17-35-10-12-36(13-11-35)26-8-5-20(15-33-26)23-7-6-21(30)14-25(23)37-9-3-4-22(18-37)38-27(28(31)32)24(16-34-38)29(39)40/h5-8,14-16,19,22,28H,3-4,9-13,17-18H2,1-2H3,(H,39,40). The fourth-order valence-corrected chi connectivity index (χ4v) is 6.00. The van der Waals surface area contributed by atoms with Crippen LogP contribution in [0.2, 0.25) is 5.02 Å². The Morgan fingerprint density at radius 3 is 2.50 bits per heavy atom. The second-order valence-corrected chi connectivity index (χ2v) is 11.4. The molecule has 0 aliphatic carbocycles. The van der Waals surface area contributed by atoms with Crippen LogP contribution in [0.25, 0.3) is 11.1 Å². The van der Waals surface area contributed by atoms with Gasteiger partial charge in [-0.25, -0.2) is 18.6 Å². The number of hydrogen-bond donors (Lipinski definition) is 1. The van der Waals surface area contributed by atoms with Crippen molar-refractivity contribution in [1.29, 1.82) is 0 Å². The van der Waals surface area contributed by atoms with Gasteiger partial charge in [0.25, 0.3) is 6.43 Å². The van der Waals surface area contributed by atoms with Gasteiger partial charge in [0, 0.05) is 73.8 Å². The molecule has 2 saturated heterocycles. The first kappa shape index (κ1) is 28.3. The highest BCUT2D eigenvalue weighted by molar-refractivity contribution is 6.31. The minimum Gasteiger partial charge on any atom is -0.478 e. The number of carbonyl (C=O) groups is 1. The van der Waals surface area contributed by atoms with Gasteiger partial charge in [-0.15, -0.1) is 0 Å². The van der Waals surface area contributed by atoms with Crippen molar-refractivity contribution in [3.8, 4) is 11.1 Å². The van der Waals surface area contributed by atoms with Crippen LogP contribution < -0.4 is 9.80 Å². The molecule has 2 aliphatic heterocycles. The van der Waals surface area contributed by atoms with Crippen LogP contribution in [-0.4, -0.2) is 76.6 Å². The van der Waals surface area contributed by atoms with Crippen LogP contribution in [0.3, 0.4) is 0 Å². The largest absolute Gasteiger partial charge is 0.478 e. The number of piperazine rings is 1. The number of hydrogen-bond acceptors (Lipinski definition) is 6. The average molecular weight is 573 g/mol. The summed E-state index contributed by atoms with van der Waals surface area (Å²) in [6, 6.07) is 9.41. The Morgan fingerprint density at radius 1 is 1.07 bits per heavy atom. The molecular weight excluding hydrogens is 538 g/mol. The molecule has 0 radical (unpaired) electrons. The van der Waals surface area contributed by atoms with E-state index in [1.165, 1.54) is 4.68 Å². The molecule has 1 atom stereocenters. The number of aromatic carboxylic acids is 1. The minimum atomic E-state index is -2.94. The molecule has 11 heteroatoms. The normalized spacial score (nSPS) is 18.6. The number of carboxylic acids is 1. The Kier molecular flexibility index (Phi) is 8.56. The molecule has 40 heavy (non-hydrogen) atoms. The molecule has 2 aliphatic rings. The summed E-state index contributed by atoms with van der Waals surface area (Å²) >= 11 is 6.42. The van der Waals surface area contributed by atoms with Crippen molar-refractivity contribution in [1.82, 2.24) is 19.7 Å². The number of aromatic nitrogens is 3. The van der Waals surface area contributed by atoms with Gasteiger partial charge in [0.1, 0.15) is 17.1 Å². The summed E-state index contributed by atoms with van der Waals surface area (Å²) in [5, 5.41) is 14.0. The first-order chi connectivity index (χ1) is 19.2. The number of rotatable bonds is 8. The van der Waals surface area contributed by atoms with Crippen molar-refractivity contribution < 1.29 is 18.7 Å². The van der Waals surface area contributed by atoms with E-state index >= 15 is 0 Å². The van der Waals surface area contributed by atoms with E-state index in [1.54, 1.807) is 0 Å². The number of piperidine rings is 1. The Balaban J connectivity index is 1.36. The van der Waals surface area contributed by atoms with E-state index in [-0.39, 0.29) is 0 Å². The van der Waals surface area contributed by atoms with Crippen LogP contribution >= 0.6 is 11.6 Å². The number of pyridine rings is 1. The molecular formula is C29H35ClF2N6O2. The molecule has 8 nitrogen and oxygen atoms in total. The molecule has 214 valence electrons. The number of benzene rings is 1. The molecule has 1 N–H and O–H groups in total. The third kappa shape index (κ3) is 6.07. The van der Waals surface area contributed by atoms with Crippen molar-refractivity contribution in [2.75, 3.05) is 55.6 Å². The molecule has 2 fully saturated rings. The highest BCUT2D eigenvalue weighted by Crippen LogP contribution is 2.38. The monoisotopic (exact) mass is 572 g/mol. The average Bonchev–Trinajstić information content (AvgIpc) is 3.40. The van der Waals surface area contributed by atoms with Gasteiger partial charge in [0.15, 0.2) is 0 Å². The molecule has 1 unspecified atom stereocenters. The van der Waals surface area contributed by atoms with Crippen LogP contribution in [0.15, 0.2) is 42.7 Å². The maximum Gasteiger partial charge on any atom is 0.339 e. The number of halogens is 3. The summed E-state index contributed by atoms with van der Waals surface area (Å²) in [7, 11) is 0. The Morgan fingerprint density at radius 2 is 1.85 bits per heavy atom.